The second-order valence-corrected chi connectivity index (χ2v) is 4.04. The van der Waals surface area contributed by atoms with E-state index >= 15 is 0 Å². The first-order valence-electron chi connectivity index (χ1n) is 4.98. The number of carbonyl (C=O) groups is 1. The van der Waals surface area contributed by atoms with Gasteiger partial charge in [-0.15, -0.1) is 0 Å². The fraction of sp³-hybridized carbons (Fsp3) is 0.333. The van der Waals surface area contributed by atoms with Crippen molar-refractivity contribution in [2.45, 2.75) is 25.3 Å². The summed E-state index contributed by atoms with van der Waals surface area (Å²) in [6.45, 7) is 1.59. The van der Waals surface area contributed by atoms with E-state index in [4.69, 9.17) is 0 Å². The molecule has 1 saturated carbocycles. The Morgan fingerprint density at radius 1 is 1.50 bits per heavy atom. The number of benzene rings is 1. The monoisotopic (exact) mass is 219 g/mol. The topological polar surface area (TPSA) is 46.5 Å². The maximum atomic E-state index is 13.4. The number of hydrogen-bond donors (Lipinski definition) is 0. The molecule has 0 radical (unpaired) electrons. The molecule has 16 heavy (non-hydrogen) atoms. The van der Waals surface area contributed by atoms with Gasteiger partial charge in [-0.25, -0.2) is 9.18 Å². The van der Waals surface area contributed by atoms with Gasteiger partial charge in [-0.2, -0.15) is 4.99 Å². The van der Waals surface area contributed by atoms with E-state index in [-0.39, 0.29) is 5.82 Å². The maximum absolute atomic E-state index is 13.4. The number of aldehydes is 1. The summed E-state index contributed by atoms with van der Waals surface area (Å²) in [6, 6.07) is 2.78. The number of halogens is 1. The molecule has 0 N–H and O–H groups in total. The molecule has 0 atom stereocenters. The summed E-state index contributed by atoms with van der Waals surface area (Å²) in [5.41, 5.74) is 0.605. The third-order valence-corrected chi connectivity index (χ3v) is 2.94. The normalized spacial score (nSPS) is 16.4. The van der Waals surface area contributed by atoms with E-state index < -0.39 is 5.54 Å². The van der Waals surface area contributed by atoms with Crippen LogP contribution in [0.15, 0.2) is 17.1 Å². The smallest absolute Gasteiger partial charge is 0.235 e. The highest BCUT2D eigenvalue weighted by atomic mass is 19.1. The van der Waals surface area contributed by atoms with Gasteiger partial charge in [0.1, 0.15) is 12.1 Å². The summed E-state index contributed by atoms with van der Waals surface area (Å²) in [5.74, 6) is -0.382. The van der Waals surface area contributed by atoms with E-state index in [1.54, 1.807) is 6.92 Å². The molecule has 1 fully saturated rings. The van der Waals surface area contributed by atoms with Crippen molar-refractivity contribution in [3.63, 3.8) is 0 Å². The first kappa shape index (κ1) is 10.7. The Balaban J connectivity index is 2.60. The van der Waals surface area contributed by atoms with Crippen LogP contribution in [0, 0.1) is 12.7 Å². The first-order chi connectivity index (χ1) is 7.63. The van der Waals surface area contributed by atoms with Crippen LogP contribution in [0.2, 0.25) is 0 Å². The van der Waals surface area contributed by atoms with Gasteiger partial charge in [0.2, 0.25) is 6.08 Å². The Kier molecular flexibility index (Phi) is 2.44. The number of carbonyl (C=O) groups excluding carboxylic acids is 2. The molecule has 0 bridgehead atoms. The molecule has 0 unspecified atom stereocenters. The van der Waals surface area contributed by atoms with E-state index in [2.05, 4.69) is 4.99 Å². The van der Waals surface area contributed by atoms with Crippen LogP contribution in [-0.4, -0.2) is 12.4 Å². The molecule has 0 saturated heterocycles. The molecule has 4 heteroatoms. The molecule has 3 nitrogen and oxygen atoms in total. The standard InChI is InChI=1S/C12H10FNO2/c1-8-4-9(6-15)10(5-11(8)13)12(2-3-12)14-7-16/h4-6H,2-3H2,1H3. The minimum atomic E-state index is -0.702. The fourth-order valence-electron chi connectivity index (χ4n) is 1.85. The molecule has 82 valence electrons. The van der Waals surface area contributed by atoms with E-state index in [0.717, 1.165) is 0 Å². The van der Waals surface area contributed by atoms with Crippen molar-refractivity contribution in [3.8, 4) is 0 Å². The Morgan fingerprint density at radius 2 is 2.19 bits per heavy atom. The number of rotatable bonds is 3. The van der Waals surface area contributed by atoms with Crippen LogP contribution < -0.4 is 0 Å². The number of isocyanates is 1. The van der Waals surface area contributed by atoms with Gasteiger partial charge in [0.05, 0.1) is 5.54 Å². The van der Waals surface area contributed by atoms with Crippen LogP contribution in [0.3, 0.4) is 0 Å². The van der Waals surface area contributed by atoms with Crippen molar-refractivity contribution in [2.75, 3.05) is 0 Å². The molecule has 0 heterocycles. The van der Waals surface area contributed by atoms with Crippen LogP contribution in [-0.2, 0) is 10.3 Å². The highest BCUT2D eigenvalue weighted by Crippen LogP contribution is 2.50. The molecular weight excluding hydrogens is 209 g/mol. The number of nitrogens with zero attached hydrogens (tertiary/aromatic N) is 1. The predicted molar refractivity (Wildman–Crippen MR) is 55.6 cm³/mol. The Labute approximate surface area is 92.0 Å². The number of hydrogen-bond acceptors (Lipinski definition) is 3. The second kappa shape index (κ2) is 3.65. The van der Waals surface area contributed by atoms with Crippen molar-refractivity contribution in [2.24, 2.45) is 4.99 Å². The summed E-state index contributed by atoms with van der Waals surface area (Å²) in [6.07, 6.45) is 3.48. The molecule has 0 aliphatic heterocycles. The molecule has 1 aliphatic carbocycles. The van der Waals surface area contributed by atoms with Crippen LogP contribution in [0.4, 0.5) is 4.39 Å². The zero-order chi connectivity index (χ0) is 11.8. The Morgan fingerprint density at radius 3 is 2.69 bits per heavy atom. The molecular formula is C12H10FNO2. The lowest BCUT2D eigenvalue weighted by Crippen LogP contribution is -2.08. The lowest BCUT2D eigenvalue weighted by atomic mass is 9.97. The first-order valence-corrected chi connectivity index (χ1v) is 4.98. The van der Waals surface area contributed by atoms with Crippen molar-refractivity contribution in [1.29, 1.82) is 0 Å². The van der Waals surface area contributed by atoms with Crippen LogP contribution in [0.5, 0.6) is 0 Å². The van der Waals surface area contributed by atoms with Gasteiger partial charge in [-0.05, 0) is 43.0 Å². The molecule has 1 aromatic carbocycles. The van der Waals surface area contributed by atoms with Gasteiger partial charge in [-0.1, -0.05) is 0 Å². The molecule has 0 spiro atoms. The molecule has 0 aromatic heterocycles. The zero-order valence-corrected chi connectivity index (χ0v) is 8.79. The highest BCUT2D eigenvalue weighted by molar-refractivity contribution is 5.79. The summed E-state index contributed by atoms with van der Waals surface area (Å²) in [7, 11) is 0. The van der Waals surface area contributed by atoms with Gasteiger partial charge in [0.25, 0.3) is 0 Å². The summed E-state index contributed by atoms with van der Waals surface area (Å²) in [5, 5.41) is 0. The Hall–Kier alpha value is -1.80. The van der Waals surface area contributed by atoms with Crippen LogP contribution in [0.1, 0.15) is 34.3 Å². The third-order valence-electron chi connectivity index (χ3n) is 2.94. The SMILES string of the molecule is Cc1cc(C=O)c(C2(N=C=O)CC2)cc1F. The van der Waals surface area contributed by atoms with Crippen molar-refractivity contribution in [3.05, 3.63) is 34.6 Å². The van der Waals surface area contributed by atoms with Crippen LogP contribution in [0.25, 0.3) is 0 Å². The zero-order valence-electron chi connectivity index (χ0n) is 8.79. The van der Waals surface area contributed by atoms with Crippen LogP contribution >= 0.6 is 0 Å². The minimum Gasteiger partial charge on any atom is -0.298 e. The average Bonchev–Trinajstić information content (AvgIpc) is 3.03. The number of aliphatic imine (C=N–C) groups is 1. The van der Waals surface area contributed by atoms with E-state index in [1.165, 1.54) is 18.2 Å². The fourth-order valence-corrected chi connectivity index (χ4v) is 1.85. The van der Waals surface area contributed by atoms with Gasteiger partial charge in [-0.3, -0.25) is 4.79 Å². The molecule has 1 aromatic rings. The van der Waals surface area contributed by atoms with E-state index in [1.807, 2.05) is 0 Å². The van der Waals surface area contributed by atoms with E-state index in [9.17, 15) is 14.0 Å². The molecule has 0 amide bonds. The largest absolute Gasteiger partial charge is 0.298 e. The lowest BCUT2D eigenvalue weighted by Gasteiger charge is -2.12. The summed E-state index contributed by atoms with van der Waals surface area (Å²) < 4.78 is 13.4. The molecule has 2 rings (SSSR count). The quantitative estimate of drug-likeness (QED) is 0.444. The van der Waals surface area contributed by atoms with Crippen molar-refractivity contribution in [1.82, 2.24) is 0 Å². The van der Waals surface area contributed by atoms with Gasteiger partial charge in [0.15, 0.2) is 0 Å². The van der Waals surface area contributed by atoms with Crippen molar-refractivity contribution < 1.29 is 14.0 Å². The van der Waals surface area contributed by atoms with Gasteiger partial charge >= 0.3 is 0 Å². The van der Waals surface area contributed by atoms with Crippen molar-refractivity contribution >= 4 is 12.4 Å². The summed E-state index contributed by atoms with van der Waals surface area (Å²) >= 11 is 0. The maximum Gasteiger partial charge on any atom is 0.235 e. The molecule has 1 aliphatic rings. The van der Waals surface area contributed by atoms with E-state index in [0.29, 0.717) is 35.8 Å². The third kappa shape index (κ3) is 1.57. The summed E-state index contributed by atoms with van der Waals surface area (Å²) in [4.78, 5) is 24.9. The van der Waals surface area contributed by atoms with Gasteiger partial charge in [0, 0.05) is 5.56 Å². The minimum absolute atomic E-state index is 0.382. The number of aryl methyl sites for hydroxylation is 1. The predicted octanol–water partition coefficient (Wildman–Crippen LogP) is 2.27. The lowest BCUT2D eigenvalue weighted by molar-refractivity contribution is 0.112. The highest BCUT2D eigenvalue weighted by Gasteiger charge is 2.46. The Bertz CT molecular complexity index is 500. The van der Waals surface area contributed by atoms with Gasteiger partial charge < -0.3 is 0 Å². The average molecular weight is 219 g/mol. The second-order valence-electron chi connectivity index (χ2n) is 4.04.